The van der Waals surface area contributed by atoms with Crippen molar-refractivity contribution >= 4 is 0 Å². The predicted molar refractivity (Wildman–Crippen MR) is 62.8 cm³/mol. The van der Waals surface area contributed by atoms with E-state index in [0.717, 1.165) is 6.42 Å². The van der Waals surface area contributed by atoms with Crippen LogP contribution in [0, 0.1) is 5.82 Å². The standard InChI is InChI=1S/C13H18F3N/c1-3-7-17-13(2,12(15)16)9-10-5-4-6-11(14)8-10/h4-6,8,12,17H,3,7,9H2,1-2H3. The Morgan fingerprint density at radius 1 is 1.35 bits per heavy atom. The van der Waals surface area contributed by atoms with Gasteiger partial charge in [0.05, 0.1) is 5.54 Å². The van der Waals surface area contributed by atoms with E-state index in [0.29, 0.717) is 12.1 Å². The Balaban J connectivity index is 2.79. The van der Waals surface area contributed by atoms with Gasteiger partial charge >= 0.3 is 0 Å². The second-order valence-corrected chi connectivity index (χ2v) is 4.45. The number of hydrogen-bond acceptors (Lipinski definition) is 1. The lowest BCUT2D eigenvalue weighted by Gasteiger charge is -2.30. The molecule has 0 amide bonds. The van der Waals surface area contributed by atoms with Crippen molar-refractivity contribution in [3.8, 4) is 0 Å². The third-order valence-electron chi connectivity index (χ3n) is 2.72. The van der Waals surface area contributed by atoms with E-state index in [9.17, 15) is 13.2 Å². The monoisotopic (exact) mass is 245 g/mol. The lowest BCUT2D eigenvalue weighted by Crippen LogP contribution is -2.50. The fourth-order valence-corrected chi connectivity index (χ4v) is 1.70. The van der Waals surface area contributed by atoms with E-state index in [-0.39, 0.29) is 6.42 Å². The van der Waals surface area contributed by atoms with Gasteiger partial charge in [0.2, 0.25) is 0 Å². The highest BCUT2D eigenvalue weighted by Crippen LogP contribution is 2.21. The predicted octanol–water partition coefficient (Wildman–Crippen LogP) is 3.39. The minimum atomic E-state index is -2.49. The van der Waals surface area contributed by atoms with Gasteiger partial charge in [-0.1, -0.05) is 19.1 Å². The topological polar surface area (TPSA) is 12.0 Å². The molecular weight excluding hydrogens is 227 g/mol. The molecule has 0 bridgehead atoms. The van der Waals surface area contributed by atoms with Gasteiger partial charge in [0.15, 0.2) is 0 Å². The van der Waals surface area contributed by atoms with Crippen molar-refractivity contribution in [3.05, 3.63) is 35.6 Å². The molecule has 0 fully saturated rings. The summed E-state index contributed by atoms with van der Waals surface area (Å²) in [7, 11) is 0. The first-order valence-corrected chi connectivity index (χ1v) is 5.75. The summed E-state index contributed by atoms with van der Waals surface area (Å²) < 4.78 is 39.1. The van der Waals surface area contributed by atoms with Crippen LogP contribution in [0.2, 0.25) is 0 Å². The molecule has 96 valence electrons. The fourth-order valence-electron chi connectivity index (χ4n) is 1.70. The van der Waals surface area contributed by atoms with E-state index in [1.807, 2.05) is 6.92 Å². The number of halogens is 3. The normalized spacial score (nSPS) is 14.9. The van der Waals surface area contributed by atoms with Crippen LogP contribution in [0.1, 0.15) is 25.8 Å². The highest BCUT2D eigenvalue weighted by atomic mass is 19.3. The molecule has 1 aromatic rings. The van der Waals surface area contributed by atoms with Gasteiger partial charge in [-0.2, -0.15) is 0 Å². The van der Waals surface area contributed by atoms with Gasteiger partial charge in [-0.3, -0.25) is 0 Å². The molecule has 0 saturated carbocycles. The summed E-state index contributed by atoms with van der Waals surface area (Å²) >= 11 is 0. The van der Waals surface area contributed by atoms with Crippen LogP contribution in [0.4, 0.5) is 13.2 Å². The Labute approximate surface area is 100 Å². The zero-order valence-electron chi connectivity index (χ0n) is 10.1. The molecule has 4 heteroatoms. The first-order valence-electron chi connectivity index (χ1n) is 5.75. The van der Waals surface area contributed by atoms with Crippen molar-refractivity contribution in [2.24, 2.45) is 0 Å². The summed E-state index contributed by atoms with van der Waals surface area (Å²) in [5.74, 6) is -0.394. The third-order valence-corrected chi connectivity index (χ3v) is 2.72. The van der Waals surface area contributed by atoms with E-state index in [1.54, 1.807) is 6.07 Å². The lowest BCUT2D eigenvalue weighted by atomic mass is 9.93. The summed E-state index contributed by atoms with van der Waals surface area (Å²) in [6, 6.07) is 5.81. The van der Waals surface area contributed by atoms with Crippen LogP contribution in [0.15, 0.2) is 24.3 Å². The second-order valence-electron chi connectivity index (χ2n) is 4.45. The fraction of sp³-hybridized carbons (Fsp3) is 0.538. The number of benzene rings is 1. The van der Waals surface area contributed by atoms with Gasteiger partial charge in [-0.15, -0.1) is 0 Å². The van der Waals surface area contributed by atoms with Gasteiger partial charge in [0.1, 0.15) is 5.82 Å². The molecular formula is C13H18F3N. The van der Waals surface area contributed by atoms with Crippen LogP contribution >= 0.6 is 0 Å². The summed E-state index contributed by atoms with van der Waals surface area (Å²) in [6.45, 7) is 3.91. The minimum Gasteiger partial charge on any atom is -0.306 e. The van der Waals surface area contributed by atoms with E-state index in [2.05, 4.69) is 5.32 Å². The zero-order valence-corrected chi connectivity index (χ0v) is 10.1. The molecule has 0 saturated heterocycles. The van der Waals surface area contributed by atoms with Crippen LogP contribution in [0.25, 0.3) is 0 Å². The molecule has 0 radical (unpaired) electrons. The number of nitrogens with one attached hydrogen (secondary N) is 1. The molecule has 1 nitrogen and oxygen atoms in total. The second kappa shape index (κ2) is 6.05. The molecule has 0 aliphatic rings. The maximum Gasteiger partial charge on any atom is 0.256 e. The molecule has 1 rings (SSSR count). The van der Waals surface area contributed by atoms with Gasteiger partial charge < -0.3 is 5.32 Å². The van der Waals surface area contributed by atoms with Crippen molar-refractivity contribution in [2.45, 2.75) is 38.7 Å². The van der Waals surface area contributed by atoms with E-state index >= 15 is 0 Å². The molecule has 0 heterocycles. The van der Waals surface area contributed by atoms with Crippen LogP contribution in [-0.2, 0) is 6.42 Å². The van der Waals surface area contributed by atoms with Crippen molar-refractivity contribution in [1.82, 2.24) is 5.32 Å². The van der Waals surface area contributed by atoms with Gasteiger partial charge in [-0.05, 0) is 44.0 Å². The van der Waals surface area contributed by atoms with Crippen molar-refractivity contribution in [2.75, 3.05) is 6.54 Å². The maximum atomic E-state index is 13.0. The Hall–Kier alpha value is -1.03. The Bertz CT molecular complexity index is 354. The minimum absolute atomic E-state index is 0.114. The average Bonchev–Trinajstić information content (AvgIpc) is 2.26. The third kappa shape index (κ3) is 4.04. The molecule has 0 aliphatic carbocycles. The Morgan fingerprint density at radius 3 is 2.59 bits per heavy atom. The van der Waals surface area contributed by atoms with Crippen molar-refractivity contribution < 1.29 is 13.2 Å². The number of hydrogen-bond donors (Lipinski definition) is 1. The van der Waals surface area contributed by atoms with Gasteiger partial charge in [0.25, 0.3) is 6.43 Å². The van der Waals surface area contributed by atoms with Crippen LogP contribution in [-0.4, -0.2) is 18.5 Å². The van der Waals surface area contributed by atoms with E-state index in [4.69, 9.17) is 0 Å². The van der Waals surface area contributed by atoms with Crippen molar-refractivity contribution in [3.63, 3.8) is 0 Å². The van der Waals surface area contributed by atoms with E-state index in [1.165, 1.54) is 25.1 Å². The largest absolute Gasteiger partial charge is 0.306 e. The van der Waals surface area contributed by atoms with E-state index < -0.39 is 17.8 Å². The molecule has 17 heavy (non-hydrogen) atoms. The zero-order chi connectivity index (χ0) is 12.9. The molecule has 1 N–H and O–H groups in total. The number of alkyl halides is 2. The highest BCUT2D eigenvalue weighted by Gasteiger charge is 2.34. The average molecular weight is 245 g/mol. The van der Waals surface area contributed by atoms with Crippen LogP contribution < -0.4 is 5.32 Å². The Kier molecular flexibility index (Phi) is 5.00. The first-order chi connectivity index (χ1) is 7.98. The SMILES string of the molecule is CCCNC(C)(Cc1cccc(F)c1)C(F)F. The summed E-state index contributed by atoms with van der Waals surface area (Å²) in [5, 5.41) is 2.84. The first kappa shape index (κ1) is 14.0. The molecule has 1 aromatic carbocycles. The lowest BCUT2D eigenvalue weighted by molar-refractivity contribution is 0.0405. The van der Waals surface area contributed by atoms with Crippen LogP contribution in [0.5, 0.6) is 0 Å². The highest BCUT2D eigenvalue weighted by molar-refractivity contribution is 5.19. The molecule has 0 spiro atoms. The summed E-state index contributed by atoms with van der Waals surface area (Å²) in [4.78, 5) is 0. The van der Waals surface area contributed by atoms with Gasteiger partial charge in [-0.25, -0.2) is 13.2 Å². The molecule has 0 aromatic heterocycles. The summed E-state index contributed by atoms with van der Waals surface area (Å²) in [6.07, 6.45) is -1.59. The van der Waals surface area contributed by atoms with Crippen LogP contribution in [0.3, 0.4) is 0 Å². The smallest absolute Gasteiger partial charge is 0.256 e. The maximum absolute atomic E-state index is 13.0. The van der Waals surface area contributed by atoms with Crippen molar-refractivity contribution in [1.29, 1.82) is 0 Å². The quantitative estimate of drug-likeness (QED) is 0.810. The Morgan fingerprint density at radius 2 is 2.06 bits per heavy atom. The van der Waals surface area contributed by atoms with Gasteiger partial charge in [0, 0.05) is 0 Å². The molecule has 1 atom stereocenters. The molecule has 0 aliphatic heterocycles. The summed E-state index contributed by atoms with van der Waals surface area (Å²) in [5.41, 5.74) is -0.722. The molecule has 1 unspecified atom stereocenters. The number of rotatable bonds is 6.